The summed E-state index contributed by atoms with van der Waals surface area (Å²) in [6, 6.07) is 16.2. The molecule has 3 aromatic rings. The number of hydrogen-bond donors (Lipinski definition) is 2. The van der Waals surface area contributed by atoms with Gasteiger partial charge in [-0.2, -0.15) is 4.98 Å². The summed E-state index contributed by atoms with van der Waals surface area (Å²) in [6.07, 6.45) is 0. The van der Waals surface area contributed by atoms with Crippen LogP contribution in [0.3, 0.4) is 0 Å². The maximum Gasteiger partial charge on any atom is 0.319 e. The van der Waals surface area contributed by atoms with Gasteiger partial charge in [0.05, 0.1) is 19.2 Å². The van der Waals surface area contributed by atoms with Gasteiger partial charge >= 0.3 is 6.03 Å². The van der Waals surface area contributed by atoms with Gasteiger partial charge in [-0.3, -0.25) is 0 Å². The average Bonchev–Trinajstić information content (AvgIpc) is 3.09. The third-order valence-electron chi connectivity index (χ3n) is 3.25. The normalized spacial score (nSPS) is 10.2. The van der Waals surface area contributed by atoms with E-state index in [-0.39, 0.29) is 12.6 Å². The number of methoxy groups -OCH3 is 1. The number of anilines is 1. The van der Waals surface area contributed by atoms with E-state index in [1.54, 1.807) is 19.2 Å². The van der Waals surface area contributed by atoms with Crippen LogP contribution in [0.25, 0.3) is 11.4 Å². The number of nitrogens with zero attached hydrogens (tertiary/aromatic N) is 2. The Kier molecular flexibility index (Phi) is 4.71. The van der Waals surface area contributed by atoms with E-state index in [0.29, 0.717) is 23.2 Å². The molecule has 0 aliphatic carbocycles. The van der Waals surface area contributed by atoms with Crippen molar-refractivity contribution >= 4 is 11.7 Å². The van der Waals surface area contributed by atoms with Gasteiger partial charge in [-0.1, -0.05) is 35.5 Å². The number of carbonyl (C=O) groups is 1. The van der Waals surface area contributed by atoms with Gasteiger partial charge in [-0.25, -0.2) is 4.79 Å². The lowest BCUT2D eigenvalue weighted by molar-refractivity contribution is 0.249. The lowest BCUT2D eigenvalue weighted by Crippen LogP contribution is -2.28. The first-order valence-electron chi connectivity index (χ1n) is 7.32. The van der Waals surface area contributed by atoms with Gasteiger partial charge in [0, 0.05) is 5.69 Å². The predicted molar refractivity (Wildman–Crippen MR) is 88.6 cm³/mol. The van der Waals surface area contributed by atoms with Crippen LogP contribution < -0.4 is 15.4 Å². The fourth-order valence-electron chi connectivity index (χ4n) is 2.12. The Bertz CT molecular complexity index is 817. The molecule has 0 aliphatic heterocycles. The molecule has 1 heterocycles. The highest BCUT2D eigenvalue weighted by Crippen LogP contribution is 2.26. The van der Waals surface area contributed by atoms with Crippen LogP contribution in [0.5, 0.6) is 5.75 Å². The van der Waals surface area contributed by atoms with Crippen LogP contribution in [0, 0.1) is 0 Å². The molecule has 0 bridgehead atoms. The zero-order chi connectivity index (χ0) is 16.8. The molecule has 0 spiro atoms. The molecule has 3 rings (SSSR count). The van der Waals surface area contributed by atoms with Crippen LogP contribution in [0.1, 0.15) is 5.89 Å². The molecule has 122 valence electrons. The summed E-state index contributed by atoms with van der Waals surface area (Å²) in [6.45, 7) is 0.126. The molecule has 2 amide bonds. The Labute approximate surface area is 138 Å². The minimum absolute atomic E-state index is 0.126. The number of rotatable bonds is 5. The maximum absolute atomic E-state index is 11.8. The van der Waals surface area contributed by atoms with Crippen molar-refractivity contribution in [1.29, 1.82) is 0 Å². The Morgan fingerprint density at radius 1 is 1.12 bits per heavy atom. The molecular weight excluding hydrogens is 308 g/mol. The first-order valence-corrected chi connectivity index (χ1v) is 7.32. The second-order valence-electron chi connectivity index (χ2n) is 4.89. The van der Waals surface area contributed by atoms with Crippen molar-refractivity contribution in [2.75, 3.05) is 12.4 Å². The van der Waals surface area contributed by atoms with E-state index in [9.17, 15) is 4.79 Å². The molecule has 0 unspecified atom stereocenters. The molecule has 0 fully saturated rings. The number of para-hydroxylation sites is 2. The van der Waals surface area contributed by atoms with Crippen molar-refractivity contribution < 1.29 is 14.1 Å². The van der Waals surface area contributed by atoms with Gasteiger partial charge in [0.25, 0.3) is 0 Å². The number of amides is 2. The second kappa shape index (κ2) is 7.28. The molecule has 2 aromatic carbocycles. The SMILES string of the molecule is COc1ccccc1-c1noc(CNC(=O)Nc2ccccc2)n1. The van der Waals surface area contributed by atoms with Crippen molar-refractivity contribution in [2.45, 2.75) is 6.54 Å². The summed E-state index contributed by atoms with van der Waals surface area (Å²) in [5.41, 5.74) is 1.43. The fourth-order valence-corrected chi connectivity index (χ4v) is 2.12. The number of nitrogens with one attached hydrogen (secondary N) is 2. The van der Waals surface area contributed by atoms with E-state index in [0.717, 1.165) is 5.56 Å². The summed E-state index contributed by atoms with van der Waals surface area (Å²) >= 11 is 0. The van der Waals surface area contributed by atoms with Gasteiger partial charge in [0.15, 0.2) is 0 Å². The van der Waals surface area contributed by atoms with Gasteiger partial charge in [0.2, 0.25) is 11.7 Å². The van der Waals surface area contributed by atoms with Gasteiger partial charge in [-0.15, -0.1) is 0 Å². The zero-order valence-corrected chi connectivity index (χ0v) is 13.0. The first kappa shape index (κ1) is 15.5. The van der Waals surface area contributed by atoms with Crippen LogP contribution in [-0.4, -0.2) is 23.3 Å². The number of benzene rings is 2. The van der Waals surface area contributed by atoms with Crippen molar-refractivity contribution in [3.63, 3.8) is 0 Å². The number of aromatic nitrogens is 2. The summed E-state index contributed by atoms with van der Waals surface area (Å²) in [5, 5.41) is 9.29. The summed E-state index contributed by atoms with van der Waals surface area (Å²) in [7, 11) is 1.58. The largest absolute Gasteiger partial charge is 0.496 e. The van der Waals surface area contributed by atoms with E-state index in [1.165, 1.54) is 0 Å². The lowest BCUT2D eigenvalue weighted by atomic mass is 10.2. The highest BCUT2D eigenvalue weighted by molar-refractivity contribution is 5.89. The van der Waals surface area contributed by atoms with E-state index in [2.05, 4.69) is 20.8 Å². The molecule has 1 aromatic heterocycles. The van der Waals surface area contributed by atoms with Crippen molar-refractivity contribution in [1.82, 2.24) is 15.5 Å². The third kappa shape index (κ3) is 3.70. The molecule has 24 heavy (non-hydrogen) atoms. The molecule has 0 aliphatic rings. The van der Waals surface area contributed by atoms with Gasteiger partial charge in [-0.05, 0) is 24.3 Å². The Balaban J connectivity index is 1.61. The lowest BCUT2D eigenvalue weighted by Gasteiger charge is -2.05. The highest BCUT2D eigenvalue weighted by atomic mass is 16.5. The van der Waals surface area contributed by atoms with E-state index in [4.69, 9.17) is 9.26 Å². The first-order chi connectivity index (χ1) is 11.8. The number of ether oxygens (including phenoxy) is 1. The third-order valence-corrected chi connectivity index (χ3v) is 3.25. The van der Waals surface area contributed by atoms with E-state index >= 15 is 0 Å². The molecular formula is C17H16N4O3. The minimum Gasteiger partial charge on any atom is -0.496 e. The second-order valence-corrected chi connectivity index (χ2v) is 4.89. The van der Waals surface area contributed by atoms with Gasteiger partial charge < -0.3 is 19.9 Å². The predicted octanol–water partition coefficient (Wildman–Crippen LogP) is 3.07. The molecule has 0 saturated heterocycles. The molecule has 0 saturated carbocycles. The standard InChI is InChI=1S/C17H16N4O3/c1-23-14-10-6-5-9-13(14)16-20-15(24-21-16)11-18-17(22)19-12-7-3-2-4-8-12/h2-10H,11H2,1H3,(H2,18,19,22). The van der Waals surface area contributed by atoms with Crippen LogP contribution >= 0.6 is 0 Å². The number of carbonyl (C=O) groups excluding carboxylic acids is 1. The molecule has 7 nitrogen and oxygen atoms in total. The van der Waals surface area contributed by atoms with Crippen LogP contribution in [0.2, 0.25) is 0 Å². The van der Waals surface area contributed by atoms with Crippen molar-refractivity contribution in [3.05, 3.63) is 60.5 Å². The molecule has 0 radical (unpaired) electrons. The molecule has 7 heteroatoms. The molecule has 2 N–H and O–H groups in total. The fraction of sp³-hybridized carbons (Fsp3) is 0.118. The summed E-state index contributed by atoms with van der Waals surface area (Å²) in [4.78, 5) is 16.1. The van der Waals surface area contributed by atoms with Gasteiger partial charge in [0.1, 0.15) is 5.75 Å². The summed E-state index contributed by atoms with van der Waals surface area (Å²) in [5.74, 6) is 1.37. The van der Waals surface area contributed by atoms with Crippen molar-refractivity contribution in [2.24, 2.45) is 0 Å². The van der Waals surface area contributed by atoms with E-state index < -0.39 is 0 Å². The smallest absolute Gasteiger partial charge is 0.319 e. The Hall–Kier alpha value is -3.35. The molecule has 0 atom stereocenters. The summed E-state index contributed by atoms with van der Waals surface area (Å²) < 4.78 is 10.4. The van der Waals surface area contributed by atoms with Crippen LogP contribution in [0.4, 0.5) is 10.5 Å². The zero-order valence-electron chi connectivity index (χ0n) is 13.0. The Morgan fingerprint density at radius 3 is 2.67 bits per heavy atom. The van der Waals surface area contributed by atoms with E-state index in [1.807, 2.05) is 42.5 Å². The minimum atomic E-state index is -0.349. The maximum atomic E-state index is 11.8. The Morgan fingerprint density at radius 2 is 1.88 bits per heavy atom. The monoisotopic (exact) mass is 324 g/mol. The topological polar surface area (TPSA) is 89.3 Å². The van der Waals surface area contributed by atoms with Crippen LogP contribution in [0.15, 0.2) is 59.1 Å². The van der Waals surface area contributed by atoms with Crippen molar-refractivity contribution in [3.8, 4) is 17.1 Å². The van der Waals surface area contributed by atoms with Crippen LogP contribution in [-0.2, 0) is 6.54 Å². The average molecular weight is 324 g/mol. The number of hydrogen-bond acceptors (Lipinski definition) is 5. The highest BCUT2D eigenvalue weighted by Gasteiger charge is 2.13. The number of urea groups is 1. The quantitative estimate of drug-likeness (QED) is 0.753.